The number of anilines is 2. The van der Waals surface area contributed by atoms with Gasteiger partial charge < -0.3 is 5.32 Å². The monoisotopic (exact) mass is 263 g/mol. The van der Waals surface area contributed by atoms with Crippen molar-refractivity contribution in [2.24, 2.45) is 0 Å². The van der Waals surface area contributed by atoms with Gasteiger partial charge in [-0.2, -0.15) is 0 Å². The number of amides is 1. The zero-order chi connectivity index (χ0) is 12.8. The van der Waals surface area contributed by atoms with Gasteiger partial charge >= 0.3 is 0 Å². The second kappa shape index (κ2) is 6.06. The van der Waals surface area contributed by atoms with Gasteiger partial charge in [-0.1, -0.05) is 18.3 Å². The molecular formula is C11H13N5OS. The number of nitrogens with zero attached hydrogens (tertiary/aromatic N) is 3. The second-order valence-electron chi connectivity index (χ2n) is 3.56. The van der Waals surface area contributed by atoms with Crippen LogP contribution in [-0.4, -0.2) is 27.6 Å². The summed E-state index contributed by atoms with van der Waals surface area (Å²) in [6.45, 7) is 2.97. The molecule has 0 radical (unpaired) electrons. The van der Waals surface area contributed by atoms with E-state index in [1.54, 1.807) is 17.8 Å². The Labute approximate surface area is 108 Å². The van der Waals surface area contributed by atoms with Crippen molar-refractivity contribution >= 4 is 28.1 Å². The van der Waals surface area contributed by atoms with Crippen molar-refractivity contribution in [3.05, 3.63) is 29.5 Å². The largest absolute Gasteiger partial charge is 0.384 e. The van der Waals surface area contributed by atoms with E-state index in [1.807, 2.05) is 6.07 Å². The summed E-state index contributed by atoms with van der Waals surface area (Å²) in [6.07, 6.45) is 2.68. The number of hydrogen-bond donors (Lipinski definition) is 2. The lowest BCUT2D eigenvalue weighted by atomic mass is 10.3. The molecule has 2 aromatic heterocycles. The van der Waals surface area contributed by atoms with E-state index in [2.05, 4.69) is 32.7 Å². The SMILES string of the molecule is CCCNc1ccc(C(=O)Nc2nncs2)nc1. The molecule has 0 spiro atoms. The Balaban J connectivity index is 1.98. The van der Waals surface area contributed by atoms with E-state index in [9.17, 15) is 4.79 Å². The highest BCUT2D eigenvalue weighted by Gasteiger charge is 2.09. The molecule has 0 fully saturated rings. The number of rotatable bonds is 5. The average Bonchev–Trinajstić information content (AvgIpc) is 2.89. The van der Waals surface area contributed by atoms with Crippen LogP contribution in [0.5, 0.6) is 0 Å². The molecule has 7 heteroatoms. The Bertz CT molecular complexity index is 497. The number of hydrogen-bond acceptors (Lipinski definition) is 6. The van der Waals surface area contributed by atoms with Gasteiger partial charge in [0.15, 0.2) is 0 Å². The molecule has 0 atom stereocenters. The van der Waals surface area contributed by atoms with Crippen LogP contribution < -0.4 is 10.6 Å². The van der Waals surface area contributed by atoms with Crippen LogP contribution in [0.2, 0.25) is 0 Å². The molecule has 0 saturated carbocycles. The predicted octanol–water partition coefficient (Wildman–Crippen LogP) is 2.01. The molecule has 2 rings (SSSR count). The molecule has 2 N–H and O–H groups in total. The molecule has 0 bridgehead atoms. The van der Waals surface area contributed by atoms with Crippen molar-refractivity contribution < 1.29 is 4.79 Å². The minimum absolute atomic E-state index is 0.284. The molecule has 0 aliphatic rings. The van der Waals surface area contributed by atoms with E-state index in [4.69, 9.17) is 0 Å². The topological polar surface area (TPSA) is 79.8 Å². The van der Waals surface area contributed by atoms with Gasteiger partial charge in [0.05, 0.1) is 11.9 Å². The third-order valence-electron chi connectivity index (χ3n) is 2.16. The van der Waals surface area contributed by atoms with Crippen molar-refractivity contribution in [1.82, 2.24) is 15.2 Å². The summed E-state index contributed by atoms with van der Waals surface area (Å²) in [7, 11) is 0. The number of pyridine rings is 1. The first kappa shape index (κ1) is 12.4. The molecule has 0 aliphatic carbocycles. The quantitative estimate of drug-likeness (QED) is 0.862. The van der Waals surface area contributed by atoms with Crippen LogP contribution in [-0.2, 0) is 0 Å². The molecule has 2 heterocycles. The van der Waals surface area contributed by atoms with Crippen LogP contribution in [0.4, 0.5) is 10.8 Å². The van der Waals surface area contributed by atoms with Gasteiger partial charge in [-0.25, -0.2) is 4.98 Å². The summed E-state index contributed by atoms with van der Waals surface area (Å²) in [5.41, 5.74) is 2.82. The van der Waals surface area contributed by atoms with E-state index >= 15 is 0 Å². The maximum Gasteiger partial charge on any atom is 0.276 e. The van der Waals surface area contributed by atoms with Crippen molar-refractivity contribution in [3.8, 4) is 0 Å². The maximum absolute atomic E-state index is 11.8. The van der Waals surface area contributed by atoms with Crippen LogP contribution in [0.25, 0.3) is 0 Å². The van der Waals surface area contributed by atoms with Crippen LogP contribution in [0.15, 0.2) is 23.8 Å². The molecule has 0 aliphatic heterocycles. The first-order valence-electron chi connectivity index (χ1n) is 5.57. The number of carbonyl (C=O) groups excluding carboxylic acids is 1. The lowest BCUT2D eigenvalue weighted by Crippen LogP contribution is -2.13. The summed E-state index contributed by atoms with van der Waals surface area (Å²) in [5, 5.41) is 13.7. The lowest BCUT2D eigenvalue weighted by Gasteiger charge is -2.05. The Morgan fingerprint density at radius 1 is 1.44 bits per heavy atom. The third kappa shape index (κ3) is 3.24. The molecule has 18 heavy (non-hydrogen) atoms. The van der Waals surface area contributed by atoms with Gasteiger partial charge in [0, 0.05) is 6.54 Å². The van der Waals surface area contributed by atoms with Gasteiger partial charge in [0.25, 0.3) is 5.91 Å². The van der Waals surface area contributed by atoms with Crippen molar-refractivity contribution in [3.63, 3.8) is 0 Å². The first-order valence-corrected chi connectivity index (χ1v) is 6.45. The van der Waals surface area contributed by atoms with Crippen LogP contribution in [0, 0.1) is 0 Å². The summed E-state index contributed by atoms with van der Waals surface area (Å²) in [5.74, 6) is -0.284. The zero-order valence-electron chi connectivity index (χ0n) is 9.88. The molecule has 0 unspecified atom stereocenters. The van der Waals surface area contributed by atoms with E-state index in [-0.39, 0.29) is 5.91 Å². The summed E-state index contributed by atoms with van der Waals surface area (Å²) in [6, 6.07) is 3.51. The highest BCUT2D eigenvalue weighted by molar-refractivity contribution is 7.13. The van der Waals surface area contributed by atoms with Gasteiger partial charge in [-0.15, -0.1) is 10.2 Å². The fraction of sp³-hybridized carbons (Fsp3) is 0.273. The van der Waals surface area contributed by atoms with Gasteiger partial charge in [-0.05, 0) is 18.6 Å². The van der Waals surface area contributed by atoms with Crippen LogP contribution >= 0.6 is 11.3 Å². The van der Waals surface area contributed by atoms with Crippen LogP contribution in [0.3, 0.4) is 0 Å². The van der Waals surface area contributed by atoms with Crippen molar-refractivity contribution in [2.45, 2.75) is 13.3 Å². The van der Waals surface area contributed by atoms with Gasteiger partial charge in [0.2, 0.25) is 5.13 Å². The highest BCUT2D eigenvalue weighted by Crippen LogP contribution is 2.11. The predicted molar refractivity (Wildman–Crippen MR) is 70.9 cm³/mol. The van der Waals surface area contributed by atoms with E-state index in [1.165, 1.54) is 11.3 Å². The molecule has 6 nitrogen and oxygen atoms in total. The number of carbonyl (C=O) groups is 1. The van der Waals surface area contributed by atoms with E-state index in [0.29, 0.717) is 10.8 Å². The fourth-order valence-corrected chi connectivity index (χ4v) is 1.73. The third-order valence-corrected chi connectivity index (χ3v) is 2.76. The number of aromatic nitrogens is 3. The minimum Gasteiger partial charge on any atom is -0.384 e. The van der Waals surface area contributed by atoms with Crippen molar-refractivity contribution in [1.29, 1.82) is 0 Å². The average molecular weight is 263 g/mol. The molecule has 0 saturated heterocycles. The van der Waals surface area contributed by atoms with Crippen LogP contribution in [0.1, 0.15) is 23.8 Å². The Morgan fingerprint density at radius 3 is 2.94 bits per heavy atom. The second-order valence-corrected chi connectivity index (χ2v) is 4.39. The van der Waals surface area contributed by atoms with E-state index in [0.717, 1.165) is 18.7 Å². The first-order chi connectivity index (χ1) is 8.79. The Kier molecular flexibility index (Phi) is 4.19. The lowest BCUT2D eigenvalue weighted by molar-refractivity contribution is 0.102. The molecule has 0 aromatic carbocycles. The Hall–Kier alpha value is -2.02. The molecular weight excluding hydrogens is 250 g/mol. The van der Waals surface area contributed by atoms with Crippen molar-refractivity contribution in [2.75, 3.05) is 17.2 Å². The minimum atomic E-state index is -0.284. The van der Waals surface area contributed by atoms with Gasteiger partial charge in [0.1, 0.15) is 11.2 Å². The highest BCUT2D eigenvalue weighted by atomic mass is 32.1. The Morgan fingerprint density at radius 2 is 2.33 bits per heavy atom. The summed E-state index contributed by atoms with van der Waals surface area (Å²) < 4.78 is 0. The number of nitrogens with one attached hydrogen (secondary N) is 2. The molecule has 94 valence electrons. The summed E-state index contributed by atoms with van der Waals surface area (Å²) >= 11 is 1.27. The maximum atomic E-state index is 11.8. The standard InChI is InChI=1S/C11H13N5OS/c1-2-5-12-8-3-4-9(13-6-8)10(17)15-11-16-14-7-18-11/h3-4,6-7,12H,2,5H2,1H3,(H,15,16,17). The summed E-state index contributed by atoms with van der Waals surface area (Å²) in [4.78, 5) is 15.9. The van der Waals surface area contributed by atoms with E-state index < -0.39 is 0 Å². The normalized spacial score (nSPS) is 10.1. The van der Waals surface area contributed by atoms with Gasteiger partial charge in [-0.3, -0.25) is 10.1 Å². The molecule has 1 amide bonds. The fourth-order valence-electron chi connectivity index (χ4n) is 1.29. The zero-order valence-corrected chi connectivity index (χ0v) is 10.7. The molecule has 2 aromatic rings. The smallest absolute Gasteiger partial charge is 0.276 e.